The number of urea groups is 1. The SMILES string of the molecule is COCCNC(=O)N1CCN([C@H](C)c2ccc(F)cc2F)CC1. The third kappa shape index (κ3) is 4.62. The minimum Gasteiger partial charge on any atom is -0.383 e. The molecule has 2 amide bonds. The Morgan fingerprint density at radius 3 is 2.61 bits per heavy atom. The number of nitrogens with zero attached hydrogens (tertiary/aromatic N) is 2. The first-order chi connectivity index (χ1) is 11.0. The molecule has 7 heteroatoms. The fraction of sp³-hybridized carbons (Fsp3) is 0.562. The van der Waals surface area contributed by atoms with Crippen LogP contribution in [0.1, 0.15) is 18.5 Å². The minimum atomic E-state index is -0.573. The van der Waals surface area contributed by atoms with E-state index >= 15 is 0 Å². The maximum Gasteiger partial charge on any atom is 0.317 e. The molecular weight excluding hydrogens is 304 g/mol. The Bertz CT molecular complexity index is 534. The highest BCUT2D eigenvalue weighted by Crippen LogP contribution is 2.24. The van der Waals surface area contributed by atoms with Crippen molar-refractivity contribution < 1.29 is 18.3 Å². The lowest BCUT2D eigenvalue weighted by molar-refractivity contribution is 0.111. The van der Waals surface area contributed by atoms with Crippen LogP contribution in [0, 0.1) is 11.6 Å². The molecule has 0 bridgehead atoms. The first-order valence-corrected chi connectivity index (χ1v) is 7.73. The molecule has 1 N–H and O–H groups in total. The number of halogens is 2. The van der Waals surface area contributed by atoms with Gasteiger partial charge in [0.2, 0.25) is 0 Å². The molecule has 1 fully saturated rings. The summed E-state index contributed by atoms with van der Waals surface area (Å²) in [6.07, 6.45) is 0. The number of piperazine rings is 1. The fourth-order valence-electron chi connectivity index (χ4n) is 2.72. The molecule has 1 atom stereocenters. The molecule has 0 spiro atoms. The van der Waals surface area contributed by atoms with E-state index in [1.807, 2.05) is 6.92 Å². The molecular formula is C16H23F2N3O2. The number of benzene rings is 1. The van der Waals surface area contributed by atoms with Crippen LogP contribution in [0.2, 0.25) is 0 Å². The zero-order valence-corrected chi connectivity index (χ0v) is 13.5. The molecule has 23 heavy (non-hydrogen) atoms. The van der Waals surface area contributed by atoms with Gasteiger partial charge in [0.25, 0.3) is 0 Å². The molecule has 0 saturated carbocycles. The Balaban J connectivity index is 1.87. The van der Waals surface area contributed by atoms with Crippen LogP contribution in [-0.4, -0.2) is 62.3 Å². The van der Waals surface area contributed by atoms with Crippen LogP contribution in [0.4, 0.5) is 13.6 Å². The number of nitrogens with one attached hydrogen (secondary N) is 1. The Morgan fingerprint density at radius 2 is 2.00 bits per heavy atom. The maximum atomic E-state index is 13.9. The maximum absolute atomic E-state index is 13.9. The fourth-order valence-corrected chi connectivity index (χ4v) is 2.72. The van der Waals surface area contributed by atoms with Gasteiger partial charge in [-0.25, -0.2) is 13.6 Å². The summed E-state index contributed by atoms with van der Waals surface area (Å²) >= 11 is 0. The number of carbonyl (C=O) groups is 1. The quantitative estimate of drug-likeness (QED) is 0.842. The predicted molar refractivity (Wildman–Crippen MR) is 83.2 cm³/mol. The third-order valence-corrected chi connectivity index (χ3v) is 4.14. The molecule has 1 heterocycles. The molecule has 0 unspecified atom stereocenters. The number of rotatable bonds is 5. The van der Waals surface area contributed by atoms with Gasteiger partial charge in [-0.3, -0.25) is 4.90 Å². The predicted octanol–water partition coefficient (Wildman–Crippen LogP) is 2.00. The highest BCUT2D eigenvalue weighted by molar-refractivity contribution is 5.74. The molecule has 128 valence electrons. The van der Waals surface area contributed by atoms with E-state index in [-0.39, 0.29) is 12.1 Å². The largest absolute Gasteiger partial charge is 0.383 e. The molecule has 0 radical (unpaired) electrons. The van der Waals surface area contributed by atoms with Crippen molar-refractivity contribution in [3.05, 3.63) is 35.4 Å². The van der Waals surface area contributed by atoms with Gasteiger partial charge in [-0.2, -0.15) is 0 Å². The van der Waals surface area contributed by atoms with Crippen LogP contribution in [0.3, 0.4) is 0 Å². The van der Waals surface area contributed by atoms with Crippen LogP contribution in [-0.2, 0) is 4.74 Å². The van der Waals surface area contributed by atoms with E-state index in [2.05, 4.69) is 10.2 Å². The summed E-state index contributed by atoms with van der Waals surface area (Å²) in [5, 5.41) is 2.79. The number of amides is 2. The van der Waals surface area contributed by atoms with Gasteiger partial charge < -0.3 is 15.0 Å². The molecule has 1 saturated heterocycles. The van der Waals surface area contributed by atoms with Crippen molar-refractivity contribution in [3.8, 4) is 0 Å². The van der Waals surface area contributed by atoms with Crippen LogP contribution in [0.15, 0.2) is 18.2 Å². The van der Waals surface area contributed by atoms with E-state index in [1.54, 1.807) is 12.0 Å². The lowest BCUT2D eigenvalue weighted by atomic mass is 10.1. The van der Waals surface area contributed by atoms with E-state index in [9.17, 15) is 13.6 Å². The summed E-state index contributed by atoms with van der Waals surface area (Å²) in [5.74, 6) is -1.10. The minimum absolute atomic E-state index is 0.109. The second-order valence-electron chi connectivity index (χ2n) is 5.59. The van der Waals surface area contributed by atoms with Crippen molar-refractivity contribution in [2.24, 2.45) is 0 Å². The van der Waals surface area contributed by atoms with E-state index in [0.29, 0.717) is 44.9 Å². The number of hydrogen-bond acceptors (Lipinski definition) is 3. The van der Waals surface area contributed by atoms with Crippen LogP contribution < -0.4 is 5.32 Å². The van der Waals surface area contributed by atoms with Crippen molar-refractivity contribution in [2.45, 2.75) is 13.0 Å². The monoisotopic (exact) mass is 327 g/mol. The summed E-state index contributed by atoms with van der Waals surface area (Å²) in [6.45, 7) is 5.30. The molecule has 1 aliphatic heterocycles. The third-order valence-electron chi connectivity index (χ3n) is 4.14. The molecule has 1 aromatic carbocycles. The standard InChI is InChI=1S/C16H23F2N3O2/c1-12(14-4-3-13(17)11-15(14)18)20-6-8-21(9-7-20)16(22)19-5-10-23-2/h3-4,11-12H,5-10H2,1-2H3,(H,19,22)/t12-/m1/s1. The average molecular weight is 327 g/mol. The van der Waals surface area contributed by atoms with Crippen molar-refractivity contribution in [2.75, 3.05) is 46.4 Å². The average Bonchev–Trinajstić information content (AvgIpc) is 2.54. The van der Waals surface area contributed by atoms with Crippen LogP contribution in [0.25, 0.3) is 0 Å². The van der Waals surface area contributed by atoms with Gasteiger partial charge in [0, 0.05) is 57.5 Å². The van der Waals surface area contributed by atoms with Crippen molar-refractivity contribution in [1.82, 2.24) is 15.1 Å². The van der Waals surface area contributed by atoms with Gasteiger partial charge in [-0.05, 0) is 13.0 Å². The Hall–Kier alpha value is -1.73. The van der Waals surface area contributed by atoms with Crippen LogP contribution in [0.5, 0.6) is 0 Å². The first kappa shape index (κ1) is 17.6. The van der Waals surface area contributed by atoms with Gasteiger partial charge in [0.05, 0.1) is 6.61 Å². The van der Waals surface area contributed by atoms with Crippen molar-refractivity contribution in [1.29, 1.82) is 0 Å². The second kappa shape index (κ2) is 8.21. The second-order valence-corrected chi connectivity index (χ2v) is 5.59. The molecule has 0 aromatic heterocycles. The number of ether oxygens (including phenoxy) is 1. The molecule has 0 aliphatic carbocycles. The zero-order valence-electron chi connectivity index (χ0n) is 13.5. The smallest absolute Gasteiger partial charge is 0.317 e. The van der Waals surface area contributed by atoms with Gasteiger partial charge in [-0.15, -0.1) is 0 Å². The van der Waals surface area contributed by atoms with Gasteiger partial charge in [0.1, 0.15) is 11.6 Å². The first-order valence-electron chi connectivity index (χ1n) is 7.73. The topological polar surface area (TPSA) is 44.8 Å². The van der Waals surface area contributed by atoms with Crippen molar-refractivity contribution in [3.63, 3.8) is 0 Å². The lowest BCUT2D eigenvalue weighted by Crippen LogP contribution is -2.52. The van der Waals surface area contributed by atoms with Gasteiger partial charge in [0.15, 0.2) is 0 Å². The number of hydrogen-bond donors (Lipinski definition) is 1. The zero-order chi connectivity index (χ0) is 16.8. The summed E-state index contributed by atoms with van der Waals surface area (Å²) in [5.41, 5.74) is 0.476. The summed E-state index contributed by atoms with van der Waals surface area (Å²) in [7, 11) is 1.58. The van der Waals surface area contributed by atoms with Crippen LogP contribution >= 0.6 is 0 Å². The van der Waals surface area contributed by atoms with Gasteiger partial charge in [-0.1, -0.05) is 6.07 Å². The number of carbonyl (C=O) groups excluding carboxylic acids is 1. The molecule has 5 nitrogen and oxygen atoms in total. The lowest BCUT2D eigenvalue weighted by Gasteiger charge is -2.38. The van der Waals surface area contributed by atoms with E-state index in [1.165, 1.54) is 12.1 Å². The van der Waals surface area contributed by atoms with E-state index in [4.69, 9.17) is 4.74 Å². The highest BCUT2D eigenvalue weighted by atomic mass is 19.1. The highest BCUT2D eigenvalue weighted by Gasteiger charge is 2.25. The van der Waals surface area contributed by atoms with Gasteiger partial charge >= 0.3 is 6.03 Å². The van der Waals surface area contributed by atoms with E-state index in [0.717, 1.165) is 6.07 Å². The van der Waals surface area contributed by atoms with Crippen molar-refractivity contribution >= 4 is 6.03 Å². The molecule has 1 aromatic rings. The summed E-state index contributed by atoms with van der Waals surface area (Å²) in [4.78, 5) is 15.8. The number of methoxy groups -OCH3 is 1. The summed E-state index contributed by atoms with van der Waals surface area (Å²) < 4.78 is 31.8. The summed E-state index contributed by atoms with van der Waals surface area (Å²) in [6, 6.07) is 3.40. The Labute approximate surface area is 135 Å². The Morgan fingerprint density at radius 1 is 1.30 bits per heavy atom. The Kier molecular flexibility index (Phi) is 6.29. The normalized spacial score (nSPS) is 17.1. The molecule has 1 aliphatic rings. The molecule has 2 rings (SSSR count). The van der Waals surface area contributed by atoms with E-state index < -0.39 is 11.6 Å².